The number of benzene rings is 1. The van der Waals surface area contributed by atoms with Crippen LogP contribution in [0.3, 0.4) is 0 Å². The molecule has 0 aliphatic carbocycles. The topological polar surface area (TPSA) is 92.6 Å². The van der Waals surface area contributed by atoms with Crippen molar-refractivity contribution in [2.45, 2.75) is 33.7 Å². The molecule has 0 fully saturated rings. The monoisotopic (exact) mass is 355 g/mol. The first-order valence-corrected chi connectivity index (χ1v) is 8.14. The second kappa shape index (κ2) is 8.63. The molecule has 0 spiro atoms. The number of nitrogens with one attached hydrogen (secondary N) is 1. The van der Waals surface area contributed by atoms with Crippen molar-refractivity contribution in [3.63, 3.8) is 0 Å². The van der Waals surface area contributed by atoms with Gasteiger partial charge >= 0.3 is 0 Å². The SMILES string of the molecule is CCN(CC)C(=O)C(NC(=O)c1ccc([N+](=O)[O-])cc1Cl)C(C)C. The van der Waals surface area contributed by atoms with Crippen molar-refractivity contribution in [1.29, 1.82) is 0 Å². The Morgan fingerprint density at radius 2 is 1.88 bits per heavy atom. The number of nitro groups is 1. The zero-order chi connectivity index (χ0) is 18.4. The van der Waals surface area contributed by atoms with Gasteiger partial charge in [0.2, 0.25) is 5.91 Å². The van der Waals surface area contributed by atoms with Gasteiger partial charge in [-0.1, -0.05) is 25.4 Å². The van der Waals surface area contributed by atoms with Crippen molar-refractivity contribution in [3.05, 3.63) is 38.9 Å². The molecule has 0 aliphatic rings. The smallest absolute Gasteiger partial charge is 0.270 e. The molecular weight excluding hydrogens is 334 g/mol. The minimum Gasteiger partial charge on any atom is -0.341 e. The molecule has 8 heteroatoms. The number of nitrogens with zero attached hydrogens (tertiary/aromatic N) is 2. The summed E-state index contributed by atoms with van der Waals surface area (Å²) in [5, 5.41) is 13.4. The predicted octanol–water partition coefficient (Wildman–Crippen LogP) is 2.87. The summed E-state index contributed by atoms with van der Waals surface area (Å²) in [5.74, 6) is -0.811. The van der Waals surface area contributed by atoms with Crippen LogP contribution in [0, 0.1) is 16.0 Å². The van der Waals surface area contributed by atoms with Gasteiger partial charge in [0.1, 0.15) is 6.04 Å². The Balaban J connectivity index is 3.01. The molecule has 1 aromatic rings. The first-order valence-electron chi connectivity index (χ1n) is 7.76. The molecule has 0 saturated carbocycles. The van der Waals surface area contributed by atoms with E-state index >= 15 is 0 Å². The average molecular weight is 356 g/mol. The molecule has 0 bridgehead atoms. The molecule has 2 amide bonds. The highest BCUT2D eigenvalue weighted by molar-refractivity contribution is 6.34. The molecule has 1 rings (SSSR count). The van der Waals surface area contributed by atoms with Crippen LogP contribution in [0.5, 0.6) is 0 Å². The molecule has 1 aromatic carbocycles. The van der Waals surface area contributed by atoms with Gasteiger partial charge in [-0.15, -0.1) is 0 Å². The highest BCUT2D eigenvalue weighted by atomic mass is 35.5. The fourth-order valence-corrected chi connectivity index (χ4v) is 2.53. The van der Waals surface area contributed by atoms with Crippen molar-refractivity contribution >= 4 is 29.1 Å². The summed E-state index contributed by atoms with van der Waals surface area (Å²) in [7, 11) is 0. The second-order valence-corrected chi connectivity index (χ2v) is 6.03. The fraction of sp³-hybridized carbons (Fsp3) is 0.500. The molecule has 0 heterocycles. The van der Waals surface area contributed by atoms with E-state index in [0.29, 0.717) is 13.1 Å². The standard InChI is InChI=1S/C16H22ClN3O4/c1-5-19(6-2)16(22)14(10(3)4)18-15(21)12-8-7-11(20(23)24)9-13(12)17/h7-10,14H,5-6H2,1-4H3,(H,18,21). The van der Waals surface area contributed by atoms with E-state index in [0.717, 1.165) is 6.07 Å². The lowest BCUT2D eigenvalue weighted by molar-refractivity contribution is -0.384. The normalized spacial score (nSPS) is 11.9. The number of hydrogen-bond donors (Lipinski definition) is 1. The van der Waals surface area contributed by atoms with Crippen molar-refractivity contribution < 1.29 is 14.5 Å². The third kappa shape index (κ3) is 4.67. The molecule has 1 atom stereocenters. The summed E-state index contributed by atoms with van der Waals surface area (Å²) in [5.41, 5.74) is -0.101. The highest BCUT2D eigenvalue weighted by Crippen LogP contribution is 2.22. The van der Waals surface area contributed by atoms with Gasteiger partial charge in [0.15, 0.2) is 0 Å². The van der Waals surface area contributed by atoms with Crippen LogP contribution in [0.15, 0.2) is 18.2 Å². The lowest BCUT2D eigenvalue weighted by Crippen LogP contribution is -2.51. The summed E-state index contributed by atoms with van der Waals surface area (Å²) in [6.45, 7) is 8.51. The third-order valence-corrected chi connectivity index (χ3v) is 4.02. The van der Waals surface area contributed by atoms with Gasteiger partial charge < -0.3 is 10.2 Å². The first-order chi connectivity index (χ1) is 11.2. The number of amides is 2. The fourth-order valence-electron chi connectivity index (χ4n) is 2.27. The van der Waals surface area contributed by atoms with E-state index in [1.165, 1.54) is 12.1 Å². The highest BCUT2D eigenvalue weighted by Gasteiger charge is 2.28. The van der Waals surface area contributed by atoms with Gasteiger partial charge in [0.05, 0.1) is 15.5 Å². The molecule has 0 radical (unpaired) electrons. The largest absolute Gasteiger partial charge is 0.341 e. The van der Waals surface area contributed by atoms with Crippen LogP contribution < -0.4 is 5.32 Å². The number of carbonyl (C=O) groups is 2. The lowest BCUT2D eigenvalue weighted by Gasteiger charge is -2.28. The molecule has 132 valence electrons. The average Bonchev–Trinajstić information content (AvgIpc) is 2.52. The van der Waals surface area contributed by atoms with E-state index < -0.39 is 16.9 Å². The Labute approximate surface area is 146 Å². The van der Waals surface area contributed by atoms with E-state index in [9.17, 15) is 19.7 Å². The Bertz CT molecular complexity index is 630. The summed E-state index contributed by atoms with van der Waals surface area (Å²) in [4.78, 5) is 36.7. The lowest BCUT2D eigenvalue weighted by atomic mass is 10.0. The van der Waals surface area contributed by atoms with Crippen LogP contribution in [-0.2, 0) is 4.79 Å². The third-order valence-electron chi connectivity index (χ3n) is 3.70. The maximum atomic E-state index is 12.5. The van der Waals surface area contributed by atoms with Crippen LogP contribution in [0.4, 0.5) is 5.69 Å². The second-order valence-electron chi connectivity index (χ2n) is 5.63. The molecule has 1 unspecified atom stereocenters. The van der Waals surface area contributed by atoms with Crippen molar-refractivity contribution in [3.8, 4) is 0 Å². The van der Waals surface area contributed by atoms with Crippen LogP contribution in [0.1, 0.15) is 38.1 Å². The van der Waals surface area contributed by atoms with E-state index in [1.807, 2.05) is 27.7 Å². The molecule has 0 aromatic heterocycles. The van der Waals surface area contributed by atoms with E-state index in [4.69, 9.17) is 11.6 Å². The summed E-state index contributed by atoms with van der Waals surface area (Å²) < 4.78 is 0. The van der Waals surface area contributed by atoms with Crippen LogP contribution in [0.25, 0.3) is 0 Å². The number of likely N-dealkylation sites (N-methyl/N-ethyl adjacent to an activating group) is 1. The van der Waals surface area contributed by atoms with Crippen molar-refractivity contribution in [1.82, 2.24) is 10.2 Å². The van der Waals surface area contributed by atoms with Crippen LogP contribution in [0.2, 0.25) is 5.02 Å². The van der Waals surface area contributed by atoms with Gasteiger partial charge in [-0.2, -0.15) is 0 Å². The zero-order valence-electron chi connectivity index (χ0n) is 14.2. The minimum absolute atomic E-state index is 0.0282. The summed E-state index contributed by atoms with van der Waals surface area (Å²) >= 11 is 5.97. The number of carbonyl (C=O) groups excluding carboxylic acids is 2. The molecular formula is C16H22ClN3O4. The van der Waals surface area contributed by atoms with Crippen molar-refractivity contribution in [2.75, 3.05) is 13.1 Å². The van der Waals surface area contributed by atoms with Crippen LogP contribution in [-0.4, -0.2) is 40.8 Å². The maximum absolute atomic E-state index is 12.5. The number of halogens is 1. The van der Waals surface area contributed by atoms with Gasteiger partial charge in [-0.3, -0.25) is 19.7 Å². The number of nitro benzene ring substituents is 1. The number of hydrogen-bond acceptors (Lipinski definition) is 4. The molecule has 0 aliphatic heterocycles. The zero-order valence-corrected chi connectivity index (χ0v) is 15.0. The summed E-state index contributed by atoms with van der Waals surface area (Å²) in [6.07, 6.45) is 0. The number of rotatable bonds is 7. The van der Waals surface area contributed by atoms with Gasteiger partial charge in [0, 0.05) is 25.2 Å². The Morgan fingerprint density at radius 3 is 2.29 bits per heavy atom. The van der Waals surface area contributed by atoms with Gasteiger partial charge in [-0.25, -0.2) is 0 Å². The Hall–Kier alpha value is -2.15. The molecule has 1 N–H and O–H groups in total. The predicted molar refractivity (Wildman–Crippen MR) is 92.1 cm³/mol. The maximum Gasteiger partial charge on any atom is 0.270 e. The van der Waals surface area contributed by atoms with Crippen LogP contribution >= 0.6 is 11.6 Å². The summed E-state index contributed by atoms with van der Waals surface area (Å²) in [6, 6.07) is 2.92. The minimum atomic E-state index is -0.691. The number of non-ortho nitro benzene ring substituents is 1. The first kappa shape index (κ1) is 19.9. The van der Waals surface area contributed by atoms with Crippen molar-refractivity contribution in [2.24, 2.45) is 5.92 Å². The van der Waals surface area contributed by atoms with E-state index in [1.54, 1.807) is 4.90 Å². The Kier molecular flexibility index (Phi) is 7.16. The molecule has 7 nitrogen and oxygen atoms in total. The quantitative estimate of drug-likeness (QED) is 0.601. The molecule has 24 heavy (non-hydrogen) atoms. The van der Waals surface area contributed by atoms with E-state index in [-0.39, 0.29) is 28.1 Å². The van der Waals surface area contributed by atoms with Gasteiger partial charge in [-0.05, 0) is 25.8 Å². The van der Waals surface area contributed by atoms with Gasteiger partial charge in [0.25, 0.3) is 11.6 Å². The van der Waals surface area contributed by atoms with E-state index in [2.05, 4.69) is 5.32 Å². The molecule has 0 saturated heterocycles. The Morgan fingerprint density at radius 1 is 1.29 bits per heavy atom.